The summed E-state index contributed by atoms with van der Waals surface area (Å²) in [6.45, 7) is 4.67. The van der Waals surface area contributed by atoms with Crippen LogP contribution >= 0.6 is 0 Å². The Morgan fingerprint density at radius 3 is 2.77 bits per heavy atom. The predicted octanol–water partition coefficient (Wildman–Crippen LogP) is 3.11. The third-order valence-electron chi connectivity index (χ3n) is 4.83. The summed E-state index contributed by atoms with van der Waals surface area (Å²) in [5, 5.41) is 6.67. The lowest BCUT2D eigenvalue weighted by Gasteiger charge is -2.15. The first-order chi connectivity index (χ1) is 10.7. The lowest BCUT2D eigenvalue weighted by Crippen LogP contribution is -2.38. The summed E-state index contributed by atoms with van der Waals surface area (Å²) < 4.78 is 13.2. The minimum absolute atomic E-state index is 0.168. The molecule has 0 spiro atoms. The van der Waals surface area contributed by atoms with Gasteiger partial charge in [-0.25, -0.2) is 4.39 Å². The molecule has 0 bridgehead atoms. The van der Waals surface area contributed by atoms with Crippen LogP contribution in [0.3, 0.4) is 0 Å². The van der Waals surface area contributed by atoms with Crippen LogP contribution in [0.5, 0.6) is 0 Å². The Hall–Kier alpha value is -1.58. The Kier molecular flexibility index (Phi) is 4.65. The number of nitrogens with one attached hydrogen (secondary N) is 2. The average molecular weight is 303 g/mol. The second kappa shape index (κ2) is 6.67. The van der Waals surface area contributed by atoms with Gasteiger partial charge in [-0.2, -0.15) is 0 Å². The fourth-order valence-corrected chi connectivity index (χ4v) is 3.15. The van der Waals surface area contributed by atoms with Crippen molar-refractivity contribution in [3.63, 3.8) is 0 Å². The van der Waals surface area contributed by atoms with Crippen molar-refractivity contribution in [1.82, 2.24) is 10.6 Å². The Morgan fingerprint density at radius 2 is 2.14 bits per heavy atom. The molecule has 0 heterocycles. The molecule has 0 atom stereocenters. The summed E-state index contributed by atoms with van der Waals surface area (Å²) in [6, 6.07) is 6.80. The minimum Gasteiger partial charge on any atom is -0.357 e. The van der Waals surface area contributed by atoms with Gasteiger partial charge in [0.15, 0.2) is 5.96 Å². The molecule has 0 amide bonds. The number of guanidine groups is 1. The van der Waals surface area contributed by atoms with Gasteiger partial charge in [0.1, 0.15) is 5.82 Å². The molecule has 2 aliphatic carbocycles. The zero-order valence-corrected chi connectivity index (χ0v) is 13.4. The van der Waals surface area contributed by atoms with Gasteiger partial charge in [-0.3, -0.25) is 4.99 Å². The van der Waals surface area contributed by atoms with Crippen LogP contribution in [-0.2, 0) is 6.42 Å². The van der Waals surface area contributed by atoms with Gasteiger partial charge in [0.2, 0.25) is 0 Å². The zero-order chi connectivity index (χ0) is 15.4. The van der Waals surface area contributed by atoms with Crippen molar-refractivity contribution in [2.75, 3.05) is 19.6 Å². The van der Waals surface area contributed by atoms with E-state index >= 15 is 0 Å². The Morgan fingerprint density at radius 1 is 1.32 bits per heavy atom. The van der Waals surface area contributed by atoms with Crippen LogP contribution in [0.25, 0.3) is 0 Å². The van der Waals surface area contributed by atoms with Crippen LogP contribution in [0.4, 0.5) is 4.39 Å². The molecule has 0 saturated heterocycles. The number of aliphatic imine (C=N–C) groups is 1. The molecule has 1 aromatic carbocycles. The molecule has 2 fully saturated rings. The van der Waals surface area contributed by atoms with Gasteiger partial charge in [0, 0.05) is 19.6 Å². The summed E-state index contributed by atoms with van der Waals surface area (Å²) in [4.78, 5) is 4.78. The maximum atomic E-state index is 13.2. The first kappa shape index (κ1) is 15.3. The number of rotatable bonds is 7. The summed E-state index contributed by atoms with van der Waals surface area (Å²) in [5.74, 6) is 1.66. The monoisotopic (exact) mass is 303 g/mol. The summed E-state index contributed by atoms with van der Waals surface area (Å²) in [6.07, 6.45) is 6.31. The van der Waals surface area contributed by atoms with E-state index in [1.54, 1.807) is 12.1 Å². The van der Waals surface area contributed by atoms with Gasteiger partial charge >= 0.3 is 0 Å². The molecule has 1 aromatic rings. The smallest absolute Gasteiger partial charge is 0.191 e. The third kappa shape index (κ3) is 3.99. The van der Waals surface area contributed by atoms with Gasteiger partial charge in [0.05, 0.1) is 0 Å². The fourth-order valence-electron chi connectivity index (χ4n) is 3.15. The normalized spacial score (nSPS) is 19.8. The first-order valence-electron chi connectivity index (χ1n) is 8.48. The largest absolute Gasteiger partial charge is 0.357 e. The van der Waals surface area contributed by atoms with E-state index in [0.717, 1.165) is 43.5 Å². The Labute approximate surface area is 132 Å². The van der Waals surface area contributed by atoms with Crippen LogP contribution in [0.15, 0.2) is 29.3 Å². The van der Waals surface area contributed by atoms with Crippen molar-refractivity contribution in [3.8, 4) is 0 Å². The molecule has 4 heteroatoms. The topological polar surface area (TPSA) is 36.4 Å². The Bertz CT molecular complexity index is 533. The van der Waals surface area contributed by atoms with Crippen LogP contribution in [-0.4, -0.2) is 25.6 Å². The standard InChI is InChI=1S/C18H26FN3/c1-2-20-17(22-13-18(9-10-18)15-6-7-15)21-11-8-14-4-3-5-16(19)12-14/h3-5,12,15H,2,6-11,13H2,1H3,(H2,20,21,22). The molecule has 3 nitrogen and oxygen atoms in total. The average Bonchev–Trinajstić information content (AvgIpc) is 3.38. The lowest BCUT2D eigenvalue weighted by atomic mass is 10.0. The van der Waals surface area contributed by atoms with E-state index in [4.69, 9.17) is 4.99 Å². The molecular formula is C18H26FN3. The zero-order valence-electron chi connectivity index (χ0n) is 13.4. The van der Waals surface area contributed by atoms with E-state index in [-0.39, 0.29) is 5.82 Å². The number of nitrogens with zero attached hydrogens (tertiary/aromatic N) is 1. The number of benzene rings is 1. The lowest BCUT2D eigenvalue weighted by molar-refractivity contribution is 0.452. The maximum Gasteiger partial charge on any atom is 0.191 e. The first-order valence-corrected chi connectivity index (χ1v) is 8.48. The number of hydrogen-bond donors (Lipinski definition) is 2. The van der Waals surface area contributed by atoms with Crippen molar-refractivity contribution in [2.24, 2.45) is 16.3 Å². The highest BCUT2D eigenvalue weighted by molar-refractivity contribution is 5.79. The van der Waals surface area contributed by atoms with Gasteiger partial charge in [-0.05, 0) is 68.1 Å². The minimum atomic E-state index is -0.168. The highest BCUT2D eigenvalue weighted by atomic mass is 19.1. The van der Waals surface area contributed by atoms with Crippen molar-refractivity contribution in [2.45, 2.75) is 39.0 Å². The number of halogens is 1. The molecule has 2 aliphatic rings. The molecular weight excluding hydrogens is 277 g/mol. The Balaban J connectivity index is 1.48. The second-order valence-corrected chi connectivity index (χ2v) is 6.64. The van der Waals surface area contributed by atoms with Crippen molar-refractivity contribution >= 4 is 5.96 Å². The van der Waals surface area contributed by atoms with Crippen molar-refractivity contribution in [3.05, 3.63) is 35.6 Å². The molecule has 120 valence electrons. The highest BCUT2D eigenvalue weighted by Gasteiger charge is 2.53. The molecule has 0 unspecified atom stereocenters. The van der Waals surface area contributed by atoms with E-state index in [1.807, 2.05) is 6.07 Å². The van der Waals surface area contributed by atoms with Gasteiger partial charge in [-0.1, -0.05) is 12.1 Å². The molecule has 22 heavy (non-hydrogen) atoms. The fraction of sp³-hybridized carbons (Fsp3) is 0.611. The van der Waals surface area contributed by atoms with Gasteiger partial charge < -0.3 is 10.6 Å². The van der Waals surface area contributed by atoms with Crippen LogP contribution < -0.4 is 10.6 Å². The van der Waals surface area contributed by atoms with Crippen LogP contribution in [0.2, 0.25) is 0 Å². The number of hydrogen-bond acceptors (Lipinski definition) is 1. The van der Waals surface area contributed by atoms with E-state index in [0.29, 0.717) is 5.41 Å². The van der Waals surface area contributed by atoms with E-state index in [1.165, 1.54) is 31.7 Å². The molecule has 0 aromatic heterocycles. The SMILES string of the molecule is CCNC(=NCC1(C2CC2)CC1)NCCc1cccc(F)c1. The molecule has 0 radical (unpaired) electrons. The summed E-state index contributed by atoms with van der Waals surface area (Å²) in [7, 11) is 0. The molecule has 3 rings (SSSR count). The quantitative estimate of drug-likeness (QED) is 0.600. The summed E-state index contributed by atoms with van der Waals surface area (Å²) >= 11 is 0. The molecule has 2 N–H and O–H groups in total. The van der Waals surface area contributed by atoms with Crippen LogP contribution in [0.1, 0.15) is 38.2 Å². The van der Waals surface area contributed by atoms with E-state index in [2.05, 4.69) is 17.6 Å². The maximum absolute atomic E-state index is 13.2. The highest BCUT2D eigenvalue weighted by Crippen LogP contribution is 2.61. The van der Waals surface area contributed by atoms with E-state index in [9.17, 15) is 4.39 Å². The summed E-state index contributed by atoms with van der Waals surface area (Å²) in [5.41, 5.74) is 1.55. The van der Waals surface area contributed by atoms with Gasteiger partial charge in [0.25, 0.3) is 0 Å². The predicted molar refractivity (Wildman–Crippen MR) is 88.5 cm³/mol. The van der Waals surface area contributed by atoms with Crippen LogP contribution in [0, 0.1) is 17.2 Å². The second-order valence-electron chi connectivity index (χ2n) is 6.64. The van der Waals surface area contributed by atoms with Gasteiger partial charge in [-0.15, -0.1) is 0 Å². The van der Waals surface area contributed by atoms with Crippen molar-refractivity contribution < 1.29 is 4.39 Å². The van der Waals surface area contributed by atoms with Crippen molar-refractivity contribution in [1.29, 1.82) is 0 Å². The molecule has 2 saturated carbocycles. The molecule has 0 aliphatic heterocycles. The van der Waals surface area contributed by atoms with E-state index < -0.39 is 0 Å². The third-order valence-corrected chi connectivity index (χ3v) is 4.83.